The smallest absolute Gasteiger partial charge is 0.413 e. The van der Waals surface area contributed by atoms with Crippen LogP contribution < -0.4 is 15.4 Å². The van der Waals surface area contributed by atoms with Gasteiger partial charge in [-0.25, -0.2) is 24.4 Å². The van der Waals surface area contributed by atoms with Crippen LogP contribution in [0.25, 0.3) is 10.9 Å². The van der Waals surface area contributed by atoms with Crippen LogP contribution in [0.1, 0.15) is 57.7 Å². The van der Waals surface area contributed by atoms with Gasteiger partial charge < -0.3 is 29.9 Å². The summed E-state index contributed by atoms with van der Waals surface area (Å²) in [5, 5.41) is 9.68. The van der Waals surface area contributed by atoms with Crippen molar-refractivity contribution in [3.63, 3.8) is 0 Å². The van der Waals surface area contributed by atoms with E-state index in [2.05, 4.69) is 15.6 Å². The molecule has 2 unspecified atom stereocenters. The van der Waals surface area contributed by atoms with Crippen LogP contribution >= 0.6 is 0 Å². The Morgan fingerprint density at radius 1 is 0.912 bits per heavy atom. The van der Waals surface area contributed by atoms with E-state index in [1.807, 2.05) is 74.5 Å². The third kappa shape index (κ3) is 10.1. The van der Waals surface area contributed by atoms with Gasteiger partial charge in [0.25, 0.3) is 0 Å². The molecule has 0 aliphatic carbocycles. The van der Waals surface area contributed by atoms with Crippen molar-refractivity contribution in [3.8, 4) is 5.75 Å². The fraction of sp³-hybridized carbons (Fsp3) is 0.395. The zero-order valence-electron chi connectivity index (χ0n) is 33.3. The second-order valence-electron chi connectivity index (χ2n) is 15.9. The standard InChI is InChI=1S/C43H51N7O7/c1-28(2)22-34(40(53)57-43(3,4)5)46-42(55)56-33-19-17-29(18-20-33)23-35-39(52)48(25-32-15-10-14-31-16-11-21-44-38(31)32)26-36-49(35)37(51)27-47(6)50(36)41(54)45-24-30-12-8-7-9-13-30/h7-21,28,34-36H,22-27H2,1-6H3,(H,45,54)(H,46,55)/t34?,35-,36?/m0/s1. The van der Waals surface area contributed by atoms with Crippen LogP contribution in [0.15, 0.2) is 91.1 Å². The summed E-state index contributed by atoms with van der Waals surface area (Å²) in [4.78, 5) is 75.9. The maximum absolute atomic E-state index is 14.5. The SMILES string of the molecule is CC(C)CC(NC(=O)Oc1ccc(C[C@H]2C(=O)N(Cc3cccc4cccnc34)CC3N2C(=O)CN(C)N3C(=O)NCc2ccccc2)cc1)C(=O)OC(C)(C)C. The van der Waals surface area contributed by atoms with Gasteiger partial charge in [0.1, 0.15) is 29.6 Å². The molecule has 4 aromatic rings. The lowest BCUT2D eigenvalue weighted by Crippen LogP contribution is -2.76. The monoisotopic (exact) mass is 777 g/mol. The number of likely N-dealkylation sites (N-methyl/N-ethyl adjacent to an activating group) is 1. The number of hydrogen-bond donors (Lipinski definition) is 2. The Labute approximate surface area is 333 Å². The van der Waals surface area contributed by atoms with Crippen LogP contribution in [0, 0.1) is 5.92 Å². The van der Waals surface area contributed by atoms with Crippen molar-refractivity contribution in [2.24, 2.45) is 5.92 Å². The Hall–Kier alpha value is -6.02. The first kappa shape index (κ1) is 40.6. The number of fused-ring (bicyclic) bond motifs is 2. The van der Waals surface area contributed by atoms with Crippen LogP contribution in [0.5, 0.6) is 5.75 Å². The third-order valence-corrected chi connectivity index (χ3v) is 9.77. The number of nitrogens with one attached hydrogen (secondary N) is 2. The zero-order valence-corrected chi connectivity index (χ0v) is 33.3. The molecule has 3 atom stereocenters. The maximum atomic E-state index is 14.5. The number of esters is 1. The molecule has 300 valence electrons. The number of ether oxygens (including phenoxy) is 2. The number of para-hydroxylation sites is 1. The zero-order chi connectivity index (χ0) is 40.9. The molecule has 0 bridgehead atoms. The fourth-order valence-corrected chi connectivity index (χ4v) is 7.26. The second kappa shape index (κ2) is 17.4. The molecule has 3 aromatic carbocycles. The van der Waals surface area contributed by atoms with Gasteiger partial charge in [0.15, 0.2) is 0 Å². The minimum Gasteiger partial charge on any atom is -0.458 e. The van der Waals surface area contributed by atoms with Crippen molar-refractivity contribution in [3.05, 3.63) is 108 Å². The number of aromatic nitrogens is 1. The molecule has 0 spiro atoms. The van der Waals surface area contributed by atoms with Gasteiger partial charge in [-0.05, 0) is 68.0 Å². The van der Waals surface area contributed by atoms with E-state index in [0.717, 1.165) is 22.0 Å². The minimum atomic E-state index is -0.946. The summed E-state index contributed by atoms with van der Waals surface area (Å²) in [5.74, 6) is -0.766. The molecule has 3 heterocycles. The molecule has 2 N–H and O–H groups in total. The fourth-order valence-electron chi connectivity index (χ4n) is 7.26. The topological polar surface area (TPSA) is 154 Å². The van der Waals surface area contributed by atoms with Gasteiger partial charge in [-0.1, -0.05) is 80.6 Å². The van der Waals surface area contributed by atoms with Crippen LogP contribution in [-0.4, -0.2) is 98.7 Å². The summed E-state index contributed by atoms with van der Waals surface area (Å²) < 4.78 is 11.1. The van der Waals surface area contributed by atoms with Gasteiger partial charge in [-0.15, -0.1) is 0 Å². The lowest BCUT2D eigenvalue weighted by Gasteiger charge is -2.54. The average molecular weight is 778 g/mol. The van der Waals surface area contributed by atoms with E-state index in [9.17, 15) is 24.0 Å². The first-order valence-corrected chi connectivity index (χ1v) is 19.2. The predicted molar refractivity (Wildman–Crippen MR) is 213 cm³/mol. The number of benzene rings is 3. The Morgan fingerprint density at radius 2 is 1.63 bits per heavy atom. The van der Waals surface area contributed by atoms with Crippen LogP contribution in [0.4, 0.5) is 9.59 Å². The van der Waals surface area contributed by atoms with Crippen molar-refractivity contribution in [1.29, 1.82) is 0 Å². The molecule has 1 aromatic heterocycles. The number of urea groups is 1. The summed E-state index contributed by atoms with van der Waals surface area (Å²) >= 11 is 0. The molecular formula is C43H51N7O7. The molecular weight excluding hydrogens is 727 g/mol. The summed E-state index contributed by atoms with van der Waals surface area (Å²) in [6.07, 6.45) is 0.606. The summed E-state index contributed by atoms with van der Waals surface area (Å²) in [6, 6.07) is 23.6. The van der Waals surface area contributed by atoms with Crippen molar-refractivity contribution in [2.45, 2.75) is 84.4 Å². The largest absolute Gasteiger partial charge is 0.458 e. The number of nitrogens with zero attached hydrogens (tertiary/aromatic N) is 5. The number of pyridine rings is 1. The number of amides is 5. The molecule has 14 nitrogen and oxygen atoms in total. The molecule has 2 aliphatic rings. The van der Waals surface area contributed by atoms with E-state index >= 15 is 0 Å². The number of carbonyl (C=O) groups is 5. The molecule has 2 fully saturated rings. The van der Waals surface area contributed by atoms with E-state index in [-0.39, 0.29) is 56.1 Å². The van der Waals surface area contributed by atoms with Crippen LogP contribution in [0.2, 0.25) is 0 Å². The summed E-state index contributed by atoms with van der Waals surface area (Å²) in [6.45, 7) is 9.64. The molecule has 0 radical (unpaired) electrons. The molecule has 14 heteroatoms. The molecule has 2 saturated heterocycles. The maximum Gasteiger partial charge on any atom is 0.413 e. The first-order valence-electron chi connectivity index (χ1n) is 19.2. The van der Waals surface area contributed by atoms with Crippen molar-refractivity contribution < 1.29 is 33.4 Å². The van der Waals surface area contributed by atoms with E-state index in [0.29, 0.717) is 12.0 Å². The predicted octanol–water partition coefficient (Wildman–Crippen LogP) is 5.26. The molecule has 6 rings (SSSR count). The number of piperazine rings is 1. The van der Waals surface area contributed by atoms with Gasteiger partial charge in [0.05, 0.1) is 18.6 Å². The van der Waals surface area contributed by atoms with Gasteiger partial charge in [0.2, 0.25) is 11.8 Å². The van der Waals surface area contributed by atoms with Crippen molar-refractivity contribution in [2.75, 3.05) is 20.1 Å². The Balaban J connectivity index is 1.23. The third-order valence-electron chi connectivity index (χ3n) is 9.77. The normalized spacial score (nSPS) is 18.0. The van der Waals surface area contributed by atoms with E-state index < -0.39 is 41.9 Å². The number of hydrazine groups is 1. The highest BCUT2D eigenvalue weighted by Gasteiger charge is 2.50. The molecule has 57 heavy (non-hydrogen) atoms. The first-order chi connectivity index (χ1) is 27.2. The van der Waals surface area contributed by atoms with Gasteiger partial charge in [-0.2, -0.15) is 0 Å². The number of carbonyl (C=O) groups excluding carboxylic acids is 5. The van der Waals surface area contributed by atoms with Crippen molar-refractivity contribution >= 4 is 40.8 Å². The lowest BCUT2D eigenvalue weighted by atomic mass is 9.98. The van der Waals surface area contributed by atoms with Crippen molar-refractivity contribution in [1.82, 2.24) is 35.4 Å². The quantitative estimate of drug-likeness (QED) is 0.194. The Morgan fingerprint density at radius 3 is 2.33 bits per heavy atom. The van der Waals surface area contributed by atoms with Crippen LogP contribution in [0.3, 0.4) is 0 Å². The molecule has 2 aliphatic heterocycles. The highest BCUT2D eigenvalue weighted by atomic mass is 16.6. The highest BCUT2D eigenvalue weighted by molar-refractivity contribution is 5.92. The summed E-state index contributed by atoms with van der Waals surface area (Å²) in [7, 11) is 1.69. The second-order valence-corrected chi connectivity index (χ2v) is 15.9. The van der Waals surface area contributed by atoms with E-state index in [1.165, 1.54) is 9.91 Å². The van der Waals surface area contributed by atoms with Gasteiger partial charge in [0, 0.05) is 38.1 Å². The summed E-state index contributed by atoms with van der Waals surface area (Å²) in [5.41, 5.74) is 2.50. The Kier molecular flexibility index (Phi) is 12.4. The van der Waals surface area contributed by atoms with E-state index in [1.54, 1.807) is 68.2 Å². The van der Waals surface area contributed by atoms with Gasteiger partial charge >= 0.3 is 18.1 Å². The highest BCUT2D eigenvalue weighted by Crippen LogP contribution is 2.30. The average Bonchev–Trinajstić information content (AvgIpc) is 3.15. The number of hydrogen-bond acceptors (Lipinski definition) is 9. The van der Waals surface area contributed by atoms with Gasteiger partial charge in [-0.3, -0.25) is 14.6 Å². The Bertz CT molecular complexity index is 2080. The molecule has 0 saturated carbocycles. The number of rotatable bonds is 11. The molecule has 5 amide bonds. The lowest BCUT2D eigenvalue weighted by molar-refractivity contribution is -0.187. The minimum absolute atomic E-state index is 0.0797. The van der Waals surface area contributed by atoms with E-state index in [4.69, 9.17) is 9.47 Å². The van der Waals surface area contributed by atoms with Crippen LogP contribution in [-0.2, 0) is 38.6 Å².